The van der Waals surface area contributed by atoms with Gasteiger partial charge >= 0.3 is 37.4 Å². The van der Waals surface area contributed by atoms with Crippen molar-refractivity contribution >= 4 is 37.4 Å². The molecule has 0 fully saturated rings. The van der Waals surface area contributed by atoms with Gasteiger partial charge in [0.2, 0.25) is 0 Å². The summed E-state index contributed by atoms with van der Waals surface area (Å²) in [5.41, 5.74) is 0. The summed E-state index contributed by atoms with van der Waals surface area (Å²) in [6, 6.07) is 0. The molecular formula is C24H54NaO5P. The van der Waals surface area contributed by atoms with Crippen molar-refractivity contribution in [1.29, 1.82) is 0 Å². The fourth-order valence-electron chi connectivity index (χ4n) is 3.73. The predicted octanol–water partition coefficient (Wildman–Crippen LogP) is 6.98. The molecule has 31 heavy (non-hydrogen) atoms. The van der Waals surface area contributed by atoms with Crippen LogP contribution < -0.4 is 0 Å². The van der Waals surface area contributed by atoms with Gasteiger partial charge in [0.1, 0.15) is 0 Å². The summed E-state index contributed by atoms with van der Waals surface area (Å²) in [5.74, 6) is 1.62. The van der Waals surface area contributed by atoms with Crippen molar-refractivity contribution in [2.75, 3.05) is 13.2 Å². The molecule has 0 heterocycles. The van der Waals surface area contributed by atoms with Gasteiger partial charge in [-0.2, -0.15) is 0 Å². The minimum atomic E-state index is -4.64. The Hall–Kier alpha value is 1.07. The Morgan fingerprint density at radius 2 is 0.871 bits per heavy atom. The molecule has 186 valence electrons. The number of unbranched alkanes of at least 4 members (excludes halogenated alkanes) is 8. The van der Waals surface area contributed by atoms with Crippen LogP contribution in [0.4, 0.5) is 0 Å². The second-order valence-electron chi connectivity index (χ2n) is 8.77. The van der Waals surface area contributed by atoms with Crippen molar-refractivity contribution in [1.82, 2.24) is 0 Å². The van der Waals surface area contributed by atoms with Crippen LogP contribution in [-0.2, 0) is 9.30 Å². The molecule has 0 rings (SSSR count). The number of ether oxygens (including phenoxy) is 1. The molecule has 0 spiro atoms. The predicted molar refractivity (Wildman–Crippen MR) is 136 cm³/mol. The molecule has 0 bridgehead atoms. The van der Waals surface area contributed by atoms with Crippen LogP contribution in [0.1, 0.15) is 130 Å². The monoisotopic (exact) mass is 476 g/mol. The van der Waals surface area contributed by atoms with Crippen LogP contribution in [0.2, 0.25) is 0 Å². The maximum absolute atomic E-state index is 8.88. The van der Waals surface area contributed by atoms with E-state index in [-0.39, 0.29) is 29.6 Å². The zero-order chi connectivity index (χ0) is 23.1. The van der Waals surface area contributed by atoms with Crippen LogP contribution in [0, 0.1) is 11.8 Å². The molecular weight excluding hydrogens is 422 g/mol. The first-order valence-corrected chi connectivity index (χ1v) is 14.2. The standard InChI is InChI=1S/C24H50O.Na.H3O4P.H/c1-5-9-13-15-19-23(17-11-7-3)21-25-22-24(18-12-8-4)20-16-14-10-6-2;;1-5(2,3)4;/h23-24H,5-22H2,1-4H3;;(H3,1,2,3,4);. The number of rotatable bonds is 20. The summed E-state index contributed by atoms with van der Waals surface area (Å²) in [6.07, 6.45) is 22.0. The summed E-state index contributed by atoms with van der Waals surface area (Å²) in [4.78, 5) is 21.6. The second-order valence-corrected chi connectivity index (χ2v) is 9.79. The third kappa shape index (κ3) is 35.8. The normalized spacial score (nSPS) is 13.1. The van der Waals surface area contributed by atoms with E-state index < -0.39 is 7.82 Å². The number of phosphoric acid groups is 1. The van der Waals surface area contributed by atoms with Gasteiger partial charge < -0.3 is 19.4 Å². The third-order valence-corrected chi connectivity index (χ3v) is 5.57. The second kappa shape index (κ2) is 27.3. The molecule has 0 amide bonds. The molecule has 0 aliphatic heterocycles. The molecule has 0 aromatic heterocycles. The maximum atomic E-state index is 8.88. The summed E-state index contributed by atoms with van der Waals surface area (Å²) < 4.78 is 15.1. The van der Waals surface area contributed by atoms with Gasteiger partial charge in [0.05, 0.1) is 0 Å². The van der Waals surface area contributed by atoms with Crippen LogP contribution in [0.15, 0.2) is 0 Å². The summed E-state index contributed by atoms with van der Waals surface area (Å²) in [7, 11) is -4.64. The number of hydrogen-bond donors (Lipinski definition) is 3. The van der Waals surface area contributed by atoms with Crippen LogP contribution in [0.5, 0.6) is 0 Å². The number of hydrogen-bond acceptors (Lipinski definition) is 2. The van der Waals surface area contributed by atoms with Gasteiger partial charge in [-0.3, -0.25) is 0 Å². The van der Waals surface area contributed by atoms with Gasteiger partial charge in [0, 0.05) is 13.2 Å². The molecule has 7 heteroatoms. The van der Waals surface area contributed by atoms with Crippen LogP contribution in [0.25, 0.3) is 0 Å². The van der Waals surface area contributed by atoms with E-state index in [2.05, 4.69) is 27.7 Å². The van der Waals surface area contributed by atoms with E-state index in [1.807, 2.05) is 0 Å². The Morgan fingerprint density at radius 1 is 0.581 bits per heavy atom. The Balaban J connectivity index is -0.00000116. The van der Waals surface area contributed by atoms with E-state index in [4.69, 9.17) is 24.0 Å². The molecule has 0 aromatic carbocycles. The first kappa shape index (κ1) is 36.6. The average molecular weight is 477 g/mol. The van der Waals surface area contributed by atoms with E-state index >= 15 is 0 Å². The Kier molecular flexibility index (Phi) is 32.3. The zero-order valence-electron chi connectivity index (χ0n) is 20.5. The van der Waals surface area contributed by atoms with Gasteiger partial charge in [-0.05, 0) is 37.5 Å². The SMILES string of the molecule is CCCCCCC(CCCC)COCC(CCCC)CCCCCC.O=P(O)(O)O.[NaH]. The van der Waals surface area contributed by atoms with Gasteiger partial charge in [0.25, 0.3) is 0 Å². The average Bonchev–Trinajstić information content (AvgIpc) is 2.68. The summed E-state index contributed by atoms with van der Waals surface area (Å²) >= 11 is 0. The molecule has 3 N–H and O–H groups in total. The van der Waals surface area contributed by atoms with Crippen molar-refractivity contribution in [2.24, 2.45) is 11.8 Å². The molecule has 2 atom stereocenters. The third-order valence-electron chi connectivity index (χ3n) is 5.57. The molecule has 2 unspecified atom stereocenters. The van der Waals surface area contributed by atoms with Crippen molar-refractivity contribution in [2.45, 2.75) is 130 Å². The van der Waals surface area contributed by atoms with Crippen molar-refractivity contribution < 1.29 is 24.0 Å². The van der Waals surface area contributed by atoms with Gasteiger partial charge in [-0.1, -0.05) is 105 Å². The first-order valence-electron chi connectivity index (χ1n) is 12.6. The van der Waals surface area contributed by atoms with E-state index in [0.29, 0.717) is 0 Å². The van der Waals surface area contributed by atoms with E-state index in [1.54, 1.807) is 0 Å². The fraction of sp³-hybridized carbons (Fsp3) is 1.00. The topological polar surface area (TPSA) is 87.0 Å². The molecule has 5 nitrogen and oxygen atoms in total. The first-order chi connectivity index (χ1) is 14.3. The molecule has 0 aromatic rings. The van der Waals surface area contributed by atoms with Crippen molar-refractivity contribution in [3.05, 3.63) is 0 Å². The fourth-order valence-corrected chi connectivity index (χ4v) is 3.73. The molecule has 0 radical (unpaired) electrons. The summed E-state index contributed by atoms with van der Waals surface area (Å²) in [6.45, 7) is 11.3. The molecule has 0 saturated heterocycles. The molecule has 0 saturated carbocycles. The zero-order valence-corrected chi connectivity index (χ0v) is 21.4. The van der Waals surface area contributed by atoms with E-state index in [1.165, 1.54) is 103 Å². The van der Waals surface area contributed by atoms with Crippen LogP contribution >= 0.6 is 7.82 Å². The van der Waals surface area contributed by atoms with Gasteiger partial charge in [-0.15, -0.1) is 0 Å². The Bertz CT molecular complexity index is 347. The van der Waals surface area contributed by atoms with Gasteiger partial charge in [-0.25, -0.2) is 4.57 Å². The molecule has 0 aliphatic rings. The van der Waals surface area contributed by atoms with Crippen molar-refractivity contribution in [3.8, 4) is 0 Å². The van der Waals surface area contributed by atoms with E-state index in [9.17, 15) is 0 Å². The Labute approximate surface area is 216 Å². The molecule has 0 aliphatic carbocycles. The van der Waals surface area contributed by atoms with Crippen molar-refractivity contribution in [3.63, 3.8) is 0 Å². The van der Waals surface area contributed by atoms with Crippen LogP contribution in [0.3, 0.4) is 0 Å². The Morgan fingerprint density at radius 3 is 1.16 bits per heavy atom. The minimum absolute atomic E-state index is 0. The van der Waals surface area contributed by atoms with Crippen LogP contribution in [-0.4, -0.2) is 57.5 Å². The summed E-state index contributed by atoms with van der Waals surface area (Å²) in [5, 5.41) is 0. The van der Waals surface area contributed by atoms with Gasteiger partial charge in [0.15, 0.2) is 0 Å². The quantitative estimate of drug-likeness (QED) is 0.100. The van der Waals surface area contributed by atoms with E-state index in [0.717, 1.165) is 25.0 Å².